The van der Waals surface area contributed by atoms with Crippen molar-refractivity contribution in [2.45, 2.75) is 44.9 Å². The van der Waals surface area contributed by atoms with Gasteiger partial charge in [0.1, 0.15) is 17.7 Å². The predicted molar refractivity (Wildman–Crippen MR) is 62.8 cm³/mol. The van der Waals surface area contributed by atoms with Crippen molar-refractivity contribution in [3.05, 3.63) is 4.91 Å². The number of hydrogen-bond acceptors (Lipinski definition) is 5. The lowest BCUT2D eigenvalue weighted by atomic mass is 10.0. The maximum atomic E-state index is 11.8. The fourth-order valence-corrected chi connectivity index (χ4v) is 1.75. The first-order valence-corrected chi connectivity index (χ1v) is 5.70. The van der Waals surface area contributed by atoms with Crippen molar-refractivity contribution in [1.29, 1.82) is 0 Å². The van der Waals surface area contributed by atoms with Gasteiger partial charge in [-0.15, -0.1) is 0 Å². The van der Waals surface area contributed by atoms with Gasteiger partial charge in [-0.1, -0.05) is 5.18 Å². The van der Waals surface area contributed by atoms with Crippen molar-refractivity contribution < 1.29 is 14.3 Å². The Bertz CT molecular complexity index is 288. The van der Waals surface area contributed by atoms with Gasteiger partial charge in [-0.3, -0.25) is 0 Å². The van der Waals surface area contributed by atoms with Gasteiger partial charge in [-0.25, -0.2) is 4.79 Å². The summed E-state index contributed by atoms with van der Waals surface area (Å²) in [6, 6.07) is -0.376. The van der Waals surface area contributed by atoms with E-state index in [4.69, 9.17) is 9.47 Å². The number of ether oxygens (including phenoxy) is 2. The van der Waals surface area contributed by atoms with E-state index in [2.05, 4.69) is 5.18 Å². The van der Waals surface area contributed by atoms with E-state index in [-0.39, 0.29) is 18.2 Å². The molecule has 0 spiro atoms. The highest BCUT2D eigenvalue weighted by Gasteiger charge is 2.34. The molecule has 1 aliphatic rings. The van der Waals surface area contributed by atoms with Gasteiger partial charge < -0.3 is 14.4 Å². The second-order valence-electron chi connectivity index (χ2n) is 5.16. The summed E-state index contributed by atoms with van der Waals surface area (Å²) in [5.41, 5.74) is -0.514. The van der Waals surface area contributed by atoms with Crippen molar-refractivity contribution in [3.63, 3.8) is 0 Å². The van der Waals surface area contributed by atoms with Crippen LogP contribution in [0.15, 0.2) is 5.18 Å². The molecule has 0 saturated carbocycles. The number of rotatable bonds is 2. The molecule has 0 aliphatic carbocycles. The van der Waals surface area contributed by atoms with Crippen molar-refractivity contribution in [2.75, 3.05) is 20.2 Å². The lowest BCUT2D eigenvalue weighted by molar-refractivity contribution is -0.0125. The minimum atomic E-state index is -0.514. The number of amides is 1. The SMILES string of the molecule is COC1CN(C(=O)OC(C)(C)C)CCC1N=O. The zero-order valence-electron chi connectivity index (χ0n) is 10.8. The third-order valence-electron chi connectivity index (χ3n) is 2.61. The Balaban J connectivity index is 2.57. The third kappa shape index (κ3) is 3.96. The second-order valence-corrected chi connectivity index (χ2v) is 5.16. The quantitative estimate of drug-likeness (QED) is 0.694. The summed E-state index contributed by atoms with van der Waals surface area (Å²) >= 11 is 0. The van der Waals surface area contributed by atoms with Gasteiger partial charge in [0.15, 0.2) is 0 Å². The van der Waals surface area contributed by atoms with Crippen LogP contribution in [-0.2, 0) is 9.47 Å². The lowest BCUT2D eigenvalue weighted by Gasteiger charge is -2.35. The third-order valence-corrected chi connectivity index (χ3v) is 2.61. The van der Waals surface area contributed by atoms with Crippen LogP contribution in [-0.4, -0.2) is 48.9 Å². The second kappa shape index (κ2) is 5.44. The smallest absolute Gasteiger partial charge is 0.410 e. The van der Waals surface area contributed by atoms with E-state index in [1.807, 2.05) is 20.8 Å². The molecule has 6 heteroatoms. The topological polar surface area (TPSA) is 68.2 Å². The van der Waals surface area contributed by atoms with Crippen LogP contribution in [0.5, 0.6) is 0 Å². The van der Waals surface area contributed by atoms with Crippen LogP contribution in [0.25, 0.3) is 0 Å². The molecule has 0 bridgehead atoms. The van der Waals surface area contributed by atoms with Gasteiger partial charge in [0.05, 0.1) is 6.54 Å². The molecule has 1 rings (SSSR count). The molecule has 2 atom stereocenters. The van der Waals surface area contributed by atoms with Crippen LogP contribution in [0.2, 0.25) is 0 Å². The minimum absolute atomic E-state index is 0.339. The number of nitroso groups, excluding NO2 is 1. The standard InChI is InChI=1S/C11H20N2O4/c1-11(2,3)17-10(14)13-6-5-8(12-15)9(7-13)16-4/h8-9H,5-7H2,1-4H3. The van der Waals surface area contributed by atoms with Gasteiger partial charge in [0.25, 0.3) is 0 Å². The van der Waals surface area contributed by atoms with Crippen molar-refractivity contribution in [1.82, 2.24) is 4.90 Å². The number of piperidine rings is 1. The minimum Gasteiger partial charge on any atom is -0.444 e. The summed E-state index contributed by atoms with van der Waals surface area (Å²) in [6.45, 7) is 6.28. The number of nitrogens with zero attached hydrogens (tertiary/aromatic N) is 2. The monoisotopic (exact) mass is 244 g/mol. The molecule has 1 heterocycles. The summed E-state index contributed by atoms with van der Waals surface area (Å²) in [7, 11) is 1.52. The number of carbonyl (C=O) groups is 1. The molecule has 0 aromatic heterocycles. The predicted octanol–water partition coefficient (Wildman–Crippen LogP) is 1.78. The van der Waals surface area contributed by atoms with Crippen molar-refractivity contribution >= 4 is 6.09 Å². The van der Waals surface area contributed by atoms with Crippen molar-refractivity contribution in [2.24, 2.45) is 5.18 Å². The molecule has 6 nitrogen and oxygen atoms in total. The molecular formula is C11H20N2O4. The molecule has 2 unspecified atom stereocenters. The molecule has 1 amide bonds. The molecule has 1 fully saturated rings. The first kappa shape index (κ1) is 13.9. The fraction of sp³-hybridized carbons (Fsp3) is 0.909. The van der Waals surface area contributed by atoms with E-state index in [1.165, 1.54) is 7.11 Å². The van der Waals surface area contributed by atoms with Crippen molar-refractivity contribution in [3.8, 4) is 0 Å². The Morgan fingerprint density at radius 3 is 2.53 bits per heavy atom. The van der Waals surface area contributed by atoms with E-state index in [0.717, 1.165) is 0 Å². The summed E-state index contributed by atoms with van der Waals surface area (Å²) < 4.78 is 10.4. The Kier molecular flexibility index (Phi) is 4.45. The summed E-state index contributed by atoms with van der Waals surface area (Å²) in [5.74, 6) is 0. The van der Waals surface area contributed by atoms with Crippen LogP contribution in [0.3, 0.4) is 0 Å². The zero-order valence-corrected chi connectivity index (χ0v) is 10.8. The van der Waals surface area contributed by atoms with E-state index in [1.54, 1.807) is 4.90 Å². The van der Waals surface area contributed by atoms with E-state index >= 15 is 0 Å². The van der Waals surface area contributed by atoms with E-state index < -0.39 is 5.60 Å². The molecule has 98 valence electrons. The van der Waals surface area contributed by atoms with Gasteiger partial charge >= 0.3 is 6.09 Å². The molecule has 0 radical (unpaired) electrons. The average molecular weight is 244 g/mol. The van der Waals surface area contributed by atoms with Gasteiger partial charge in [0.2, 0.25) is 0 Å². The first-order valence-electron chi connectivity index (χ1n) is 5.70. The van der Waals surface area contributed by atoms with Crippen LogP contribution >= 0.6 is 0 Å². The summed E-state index contributed by atoms with van der Waals surface area (Å²) in [5, 5.41) is 3.01. The Labute approximate surface area is 101 Å². The average Bonchev–Trinajstić information content (AvgIpc) is 2.25. The number of hydrogen-bond donors (Lipinski definition) is 0. The van der Waals surface area contributed by atoms with Gasteiger partial charge in [-0.2, -0.15) is 4.91 Å². The van der Waals surface area contributed by atoms with Crippen LogP contribution in [0.4, 0.5) is 4.79 Å². The molecule has 1 aliphatic heterocycles. The maximum Gasteiger partial charge on any atom is 0.410 e. The lowest BCUT2D eigenvalue weighted by Crippen LogP contribution is -2.50. The van der Waals surface area contributed by atoms with Crippen LogP contribution < -0.4 is 0 Å². The van der Waals surface area contributed by atoms with E-state index in [0.29, 0.717) is 19.5 Å². The summed E-state index contributed by atoms with van der Waals surface area (Å²) in [4.78, 5) is 23.9. The highest BCUT2D eigenvalue weighted by molar-refractivity contribution is 5.68. The fourth-order valence-electron chi connectivity index (χ4n) is 1.75. The molecular weight excluding hydrogens is 224 g/mol. The molecule has 17 heavy (non-hydrogen) atoms. The molecule has 0 N–H and O–H groups in total. The highest BCUT2D eigenvalue weighted by atomic mass is 16.6. The summed E-state index contributed by atoms with van der Waals surface area (Å²) in [6.07, 6.45) is -0.195. The Hall–Kier alpha value is -1.17. The Morgan fingerprint density at radius 2 is 2.06 bits per heavy atom. The highest BCUT2D eigenvalue weighted by Crippen LogP contribution is 2.19. The van der Waals surface area contributed by atoms with Gasteiger partial charge in [-0.05, 0) is 27.2 Å². The molecule has 1 saturated heterocycles. The number of methoxy groups -OCH3 is 1. The number of likely N-dealkylation sites (tertiary alicyclic amines) is 1. The maximum absolute atomic E-state index is 11.8. The largest absolute Gasteiger partial charge is 0.444 e. The van der Waals surface area contributed by atoms with Crippen LogP contribution in [0, 0.1) is 4.91 Å². The normalized spacial score (nSPS) is 25.5. The zero-order chi connectivity index (χ0) is 13.1. The molecule has 0 aromatic carbocycles. The Morgan fingerprint density at radius 1 is 1.41 bits per heavy atom. The first-order chi connectivity index (χ1) is 7.87. The molecule has 0 aromatic rings. The van der Waals surface area contributed by atoms with E-state index in [9.17, 15) is 9.70 Å². The number of carbonyl (C=O) groups excluding carboxylic acids is 1. The van der Waals surface area contributed by atoms with Gasteiger partial charge in [0, 0.05) is 13.7 Å². The van der Waals surface area contributed by atoms with Crippen LogP contribution in [0.1, 0.15) is 27.2 Å².